The summed E-state index contributed by atoms with van der Waals surface area (Å²) in [4.78, 5) is 35.3. The lowest BCUT2D eigenvalue weighted by Crippen LogP contribution is -2.36. The Kier molecular flexibility index (Phi) is 10.7. The Balaban J connectivity index is 1.45. The smallest absolute Gasteiger partial charge is 0.436 e. The molecule has 4 N–H and O–H groups in total. The van der Waals surface area contributed by atoms with E-state index in [9.17, 15) is 18.0 Å². The Morgan fingerprint density at radius 1 is 0.933 bits per heavy atom. The number of carbonyl (C=O) groups excluding carboxylic acids is 2. The molecule has 1 atom stereocenters. The molecule has 0 fully saturated rings. The third-order valence-electron chi connectivity index (χ3n) is 6.60. The standard InChI is InChI=1S/C33H35N5O6S/c1-22(2)20-38(33(40)44-27-16-14-25(15-17-27)28-11-4-5-13-30(28)45(35,41)42)21-24-9-8-10-26(19-24)31(34)37-32(39)43-23(3)29-12-6-7-18-36-29/h4-19,22-23H,20-21H2,1-3H3,(H2,34,37,39)(H2,35,41,42). The number of nitrogens with two attached hydrogens (primary N) is 2. The lowest BCUT2D eigenvalue weighted by Gasteiger charge is -2.24. The van der Waals surface area contributed by atoms with Gasteiger partial charge in [0.15, 0.2) is 0 Å². The van der Waals surface area contributed by atoms with Gasteiger partial charge in [0, 0.05) is 30.4 Å². The molecule has 12 heteroatoms. The Morgan fingerprint density at radius 3 is 2.31 bits per heavy atom. The lowest BCUT2D eigenvalue weighted by atomic mass is 10.1. The average Bonchev–Trinajstić information content (AvgIpc) is 3.01. The predicted molar refractivity (Wildman–Crippen MR) is 171 cm³/mol. The Bertz CT molecular complexity index is 1780. The van der Waals surface area contributed by atoms with Crippen LogP contribution < -0.4 is 15.6 Å². The van der Waals surface area contributed by atoms with Crippen LogP contribution in [0.4, 0.5) is 9.59 Å². The van der Waals surface area contributed by atoms with Gasteiger partial charge in [0.2, 0.25) is 10.0 Å². The number of benzene rings is 3. The molecule has 0 aliphatic carbocycles. The van der Waals surface area contributed by atoms with Crippen LogP contribution in [0.1, 0.15) is 43.7 Å². The van der Waals surface area contributed by atoms with Gasteiger partial charge >= 0.3 is 12.2 Å². The van der Waals surface area contributed by atoms with E-state index in [0.29, 0.717) is 28.9 Å². The van der Waals surface area contributed by atoms with Gasteiger partial charge in [-0.3, -0.25) is 4.98 Å². The van der Waals surface area contributed by atoms with Gasteiger partial charge in [-0.05, 0) is 60.4 Å². The van der Waals surface area contributed by atoms with Crippen LogP contribution in [0.15, 0.2) is 107 Å². The normalized spacial score (nSPS) is 12.4. The summed E-state index contributed by atoms with van der Waals surface area (Å²) < 4.78 is 35.0. The Labute approximate surface area is 262 Å². The van der Waals surface area contributed by atoms with Crippen LogP contribution in [0.3, 0.4) is 0 Å². The molecule has 0 saturated carbocycles. The molecular formula is C33H35N5O6S. The summed E-state index contributed by atoms with van der Waals surface area (Å²) in [6.45, 7) is 6.27. The van der Waals surface area contributed by atoms with E-state index in [1.54, 1.807) is 96.9 Å². The van der Waals surface area contributed by atoms with Gasteiger partial charge in [0.25, 0.3) is 0 Å². The minimum absolute atomic E-state index is 0.00157. The molecule has 234 valence electrons. The molecule has 0 aliphatic heterocycles. The number of ether oxygens (including phenoxy) is 2. The number of hydrogen-bond acceptors (Lipinski definition) is 7. The highest BCUT2D eigenvalue weighted by Gasteiger charge is 2.20. The molecule has 0 bridgehead atoms. The van der Waals surface area contributed by atoms with Crippen LogP contribution in [0.5, 0.6) is 5.75 Å². The van der Waals surface area contributed by atoms with Crippen molar-refractivity contribution in [1.82, 2.24) is 9.88 Å². The third-order valence-corrected chi connectivity index (χ3v) is 7.57. The molecule has 4 rings (SSSR count). The monoisotopic (exact) mass is 629 g/mol. The van der Waals surface area contributed by atoms with Crippen LogP contribution >= 0.6 is 0 Å². The molecule has 0 saturated heterocycles. The summed E-state index contributed by atoms with van der Waals surface area (Å²) in [5.74, 6) is 0.395. The zero-order valence-corrected chi connectivity index (χ0v) is 26.0. The lowest BCUT2D eigenvalue weighted by molar-refractivity contribution is 0.115. The minimum Gasteiger partial charge on any atom is -0.438 e. The van der Waals surface area contributed by atoms with Crippen LogP contribution in [0.25, 0.3) is 11.1 Å². The van der Waals surface area contributed by atoms with Crippen LogP contribution in [0, 0.1) is 5.92 Å². The van der Waals surface area contributed by atoms with Gasteiger partial charge in [-0.25, -0.2) is 23.1 Å². The van der Waals surface area contributed by atoms with Crippen molar-refractivity contribution in [2.45, 2.75) is 38.3 Å². The van der Waals surface area contributed by atoms with Crippen molar-refractivity contribution < 1.29 is 27.5 Å². The number of primary sulfonamides is 1. The van der Waals surface area contributed by atoms with E-state index in [1.807, 2.05) is 19.9 Å². The van der Waals surface area contributed by atoms with Crippen LogP contribution in [0.2, 0.25) is 0 Å². The maximum atomic E-state index is 13.3. The first-order valence-electron chi connectivity index (χ1n) is 14.1. The summed E-state index contributed by atoms with van der Waals surface area (Å²) >= 11 is 0. The minimum atomic E-state index is -3.93. The molecule has 0 radical (unpaired) electrons. The topological polar surface area (TPSA) is 167 Å². The SMILES string of the molecule is CC(C)CN(Cc1cccc(C(N)=NC(=O)OC(C)c2ccccn2)c1)C(=O)Oc1ccc(-c2ccccc2S(N)(=O)=O)cc1. The van der Waals surface area contributed by atoms with Crippen molar-refractivity contribution in [2.24, 2.45) is 21.8 Å². The van der Waals surface area contributed by atoms with Crippen molar-refractivity contribution in [1.29, 1.82) is 0 Å². The fourth-order valence-corrected chi connectivity index (χ4v) is 5.29. The maximum absolute atomic E-state index is 13.3. The molecular weight excluding hydrogens is 594 g/mol. The number of pyridine rings is 1. The zero-order chi connectivity index (χ0) is 32.6. The summed E-state index contributed by atoms with van der Waals surface area (Å²) in [5, 5.41) is 5.37. The summed E-state index contributed by atoms with van der Waals surface area (Å²) in [5.41, 5.74) is 8.99. The van der Waals surface area contributed by atoms with Crippen molar-refractivity contribution in [3.8, 4) is 16.9 Å². The second-order valence-corrected chi connectivity index (χ2v) is 12.2. The molecule has 1 unspecified atom stereocenters. The fraction of sp³-hybridized carbons (Fsp3) is 0.212. The molecule has 45 heavy (non-hydrogen) atoms. The summed E-state index contributed by atoms with van der Waals surface area (Å²) in [6, 6.07) is 25.2. The van der Waals surface area contributed by atoms with Crippen molar-refractivity contribution in [3.05, 3.63) is 114 Å². The first-order valence-corrected chi connectivity index (χ1v) is 15.7. The zero-order valence-electron chi connectivity index (χ0n) is 25.2. The van der Waals surface area contributed by atoms with Gasteiger partial charge < -0.3 is 20.1 Å². The van der Waals surface area contributed by atoms with Crippen molar-refractivity contribution >= 4 is 28.0 Å². The maximum Gasteiger partial charge on any atom is 0.436 e. The molecule has 3 aromatic carbocycles. The number of aliphatic imine (C=N–C) groups is 1. The highest BCUT2D eigenvalue weighted by Crippen LogP contribution is 2.28. The largest absolute Gasteiger partial charge is 0.438 e. The first kappa shape index (κ1) is 32.8. The van der Waals surface area contributed by atoms with E-state index in [-0.39, 0.29) is 28.9 Å². The van der Waals surface area contributed by atoms with Crippen molar-refractivity contribution in [2.75, 3.05) is 6.54 Å². The highest BCUT2D eigenvalue weighted by molar-refractivity contribution is 7.89. The quantitative estimate of drug-likeness (QED) is 0.167. The number of amides is 2. The van der Waals surface area contributed by atoms with E-state index in [0.717, 1.165) is 5.56 Å². The molecule has 4 aromatic rings. The van der Waals surface area contributed by atoms with E-state index in [4.69, 9.17) is 20.3 Å². The Hall–Kier alpha value is -5.07. The highest BCUT2D eigenvalue weighted by atomic mass is 32.2. The number of hydrogen-bond donors (Lipinski definition) is 2. The van der Waals surface area contributed by atoms with E-state index in [2.05, 4.69) is 9.98 Å². The first-order chi connectivity index (χ1) is 21.4. The fourth-order valence-electron chi connectivity index (χ4n) is 4.53. The van der Waals surface area contributed by atoms with E-state index < -0.39 is 28.3 Å². The van der Waals surface area contributed by atoms with Gasteiger partial charge in [0.05, 0.1) is 10.6 Å². The third kappa shape index (κ3) is 9.21. The average molecular weight is 630 g/mol. The molecule has 2 amide bonds. The predicted octanol–water partition coefficient (Wildman–Crippen LogP) is 5.66. The van der Waals surface area contributed by atoms with Gasteiger partial charge in [-0.1, -0.05) is 68.4 Å². The number of rotatable bonds is 10. The second-order valence-electron chi connectivity index (χ2n) is 10.7. The molecule has 1 heterocycles. The molecule has 1 aromatic heterocycles. The Morgan fingerprint density at radius 2 is 1.64 bits per heavy atom. The molecule has 11 nitrogen and oxygen atoms in total. The number of nitrogens with zero attached hydrogens (tertiary/aromatic N) is 3. The van der Waals surface area contributed by atoms with E-state index >= 15 is 0 Å². The molecule has 0 aliphatic rings. The number of aromatic nitrogens is 1. The van der Waals surface area contributed by atoms with Crippen LogP contribution in [-0.4, -0.2) is 42.9 Å². The van der Waals surface area contributed by atoms with E-state index in [1.165, 1.54) is 6.07 Å². The molecule has 0 spiro atoms. The summed E-state index contributed by atoms with van der Waals surface area (Å²) in [6.07, 6.45) is -0.413. The number of amidine groups is 1. The van der Waals surface area contributed by atoms with Gasteiger partial charge in [-0.2, -0.15) is 4.99 Å². The van der Waals surface area contributed by atoms with Crippen LogP contribution in [-0.2, 0) is 21.3 Å². The number of sulfonamides is 1. The second kappa shape index (κ2) is 14.6. The number of carbonyl (C=O) groups is 2. The summed E-state index contributed by atoms with van der Waals surface area (Å²) in [7, 11) is -3.93. The van der Waals surface area contributed by atoms with Gasteiger partial charge in [0.1, 0.15) is 17.7 Å². The van der Waals surface area contributed by atoms with Gasteiger partial charge in [-0.15, -0.1) is 0 Å². The van der Waals surface area contributed by atoms with Crippen molar-refractivity contribution in [3.63, 3.8) is 0 Å².